The summed E-state index contributed by atoms with van der Waals surface area (Å²) >= 11 is 6.02. The van der Waals surface area contributed by atoms with Crippen LogP contribution in [0.1, 0.15) is 55.1 Å². The molecule has 6 nitrogen and oxygen atoms in total. The second-order valence-electron chi connectivity index (χ2n) is 11.3. The minimum atomic E-state index is -4.03. The number of hydrogen-bond donors (Lipinski definition) is 2. The molecule has 0 spiro atoms. The van der Waals surface area contributed by atoms with E-state index in [9.17, 15) is 14.0 Å². The van der Waals surface area contributed by atoms with Crippen LogP contribution in [0.2, 0.25) is 5.02 Å². The Bertz CT molecular complexity index is 1310. The van der Waals surface area contributed by atoms with Gasteiger partial charge in [0.1, 0.15) is 5.82 Å². The summed E-state index contributed by atoms with van der Waals surface area (Å²) in [6.45, 7) is 7.96. The Morgan fingerprint density at radius 1 is 1.16 bits per heavy atom. The summed E-state index contributed by atoms with van der Waals surface area (Å²) in [6.07, 6.45) is 1.49. The number of carbonyl (C=O) groups is 2. The van der Waals surface area contributed by atoms with Gasteiger partial charge in [0.15, 0.2) is 0 Å². The van der Waals surface area contributed by atoms with Gasteiger partial charge in [0, 0.05) is 11.3 Å². The van der Waals surface area contributed by atoms with Gasteiger partial charge in [0.25, 0.3) is 11.8 Å². The number of nitrogens with one attached hydrogen (secondary N) is 2. The van der Waals surface area contributed by atoms with Crippen LogP contribution in [0.4, 0.5) is 18.9 Å². The number of alkyl halides is 2. The zero-order valence-corrected chi connectivity index (χ0v) is 22.3. The lowest BCUT2D eigenvalue weighted by atomic mass is 9.43. The summed E-state index contributed by atoms with van der Waals surface area (Å²) < 4.78 is 56.2. The Morgan fingerprint density at radius 3 is 2.58 bits per heavy atom. The van der Waals surface area contributed by atoms with E-state index in [4.69, 9.17) is 20.9 Å². The van der Waals surface area contributed by atoms with Gasteiger partial charge in [0.2, 0.25) is 0 Å². The number of hydrogen-bond acceptors (Lipinski definition) is 4. The molecule has 0 radical (unpaired) electrons. The van der Waals surface area contributed by atoms with Crippen molar-refractivity contribution in [3.05, 3.63) is 63.9 Å². The molecule has 1 aliphatic heterocycles. The molecule has 3 aliphatic carbocycles. The van der Waals surface area contributed by atoms with Gasteiger partial charge in [-0.15, -0.1) is 0 Å². The Labute approximate surface area is 224 Å². The van der Waals surface area contributed by atoms with Gasteiger partial charge in [-0.05, 0) is 85.9 Å². The maximum Gasteiger partial charge on any atom is 0.478 e. The number of aryl methyl sites for hydroxylation is 1. The van der Waals surface area contributed by atoms with Crippen LogP contribution in [0.3, 0.4) is 0 Å². The van der Waals surface area contributed by atoms with Crippen molar-refractivity contribution in [2.24, 2.45) is 17.3 Å². The van der Waals surface area contributed by atoms with Crippen LogP contribution in [0.15, 0.2) is 36.4 Å². The van der Waals surface area contributed by atoms with Crippen LogP contribution >= 0.6 is 11.6 Å². The monoisotopic (exact) mass is 548 g/mol. The normalized spacial score (nSPS) is 27.4. The molecule has 0 aromatic heterocycles. The lowest BCUT2D eigenvalue weighted by molar-refractivity contribution is -0.199. The maximum atomic E-state index is 15.2. The summed E-state index contributed by atoms with van der Waals surface area (Å²) in [5, 5.41) is 4.39. The van der Waals surface area contributed by atoms with Crippen LogP contribution < -0.4 is 10.6 Å². The van der Waals surface area contributed by atoms with Gasteiger partial charge in [-0.3, -0.25) is 9.59 Å². The molecule has 4 aliphatic rings. The molecule has 2 bridgehead atoms. The van der Waals surface area contributed by atoms with Crippen LogP contribution in [0.5, 0.6) is 0 Å². The van der Waals surface area contributed by atoms with Crippen molar-refractivity contribution in [2.45, 2.75) is 58.2 Å². The fourth-order valence-corrected chi connectivity index (χ4v) is 6.52. The summed E-state index contributed by atoms with van der Waals surface area (Å²) in [5.74, 6) is -5.93. The lowest BCUT2D eigenvalue weighted by Gasteiger charge is -2.64. The molecule has 2 aromatic rings. The molecular formula is C27H29BClF3N2O4. The predicted molar refractivity (Wildman–Crippen MR) is 138 cm³/mol. The smallest absolute Gasteiger partial charge is 0.404 e. The molecule has 4 atom stereocenters. The molecule has 38 heavy (non-hydrogen) atoms. The molecule has 4 fully saturated rings. The quantitative estimate of drug-likeness (QED) is 0.467. The number of benzene rings is 2. The van der Waals surface area contributed by atoms with Gasteiger partial charge < -0.3 is 19.9 Å². The third-order valence-corrected chi connectivity index (χ3v) is 9.03. The second kappa shape index (κ2) is 9.28. The summed E-state index contributed by atoms with van der Waals surface area (Å²) in [5.41, 5.74) is -0.738. The molecule has 2 amide bonds. The van der Waals surface area contributed by atoms with Crippen LogP contribution in [0, 0.1) is 30.0 Å². The zero-order chi connectivity index (χ0) is 27.6. The van der Waals surface area contributed by atoms with Gasteiger partial charge in [-0.25, -0.2) is 4.39 Å². The van der Waals surface area contributed by atoms with E-state index in [2.05, 4.69) is 24.5 Å². The Morgan fingerprint density at radius 2 is 1.89 bits per heavy atom. The zero-order valence-electron chi connectivity index (χ0n) is 21.5. The molecule has 3 saturated carbocycles. The van der Waals surface area contributed by atoms with Crippen molar-refractivity contribution in [1.29, 1.82) is 0 Å². The van der Waals surface area contributed by atoms with Crippen molar-refractivity contribution in [3.63, 3.8) is 0 Å². The number of rotatable bonds is 6. The first-order valence-electron chi connectivity index (χ1n) is 12.6. The number of amides is 2. The van der Waals surface area contributed by atoms with Crippen molar-refractivity contribution in [3.8, 4) is 0 Å². The molecule has 1 heterocycles. The number of carbonyl (C=O) groups excluding carboxylic acids is 2. The molecule has 6 rings (SSSR count). The average Bonchev–Trinajstić information content (AvgIpc) is 3.20. The van der Waals surface area contributed by atoms with E-state index >= 15 is 8.78 Å². The molecule has 2 aromatic carbocycles. The molecule has 2 N–H and O–H groups in total. The fraction of sp³-hybridized carbons (Fsp3) is 0.481. The van der Waals surface area contributed by atoms with Crippen molar-refractivity contribution in [1.82, 2.24) is 5.32 Å². The van der Waals surface area contributed by atoms with Crippen LogP contribution in [0.25, 0.3) is 0 Å². The summed E-state index contributed by atoms with van der Waals surface area (Å²) in [6, 6.07) is 7.23. The second-order valence-corrected chi connectivity index (χ2v) is 11.7. The van der Waals surface area contributed by atoms with Gasteiger partial charge in [0.05, 0.1) is 28.7 Å². The van der Waals surface area contributed by atoms with E-state index in [1.807, 2.05) is 6.92 Å². The lowest BCUT2D eigenvalue weighted by Crippen LogP contribution is -2.65. The minimum Gasteiger partial charge on any atom is -0.404 e. The van der Waals surface area contributed by atoms with E-state index in [0.717, 1.165) is 25.0 Å². The fourth-order valence-electron chi connectivity index (χ4n) is 6.28. The number of anilines is 1. The minimum absolute atomic E-state index is 0.128. The van der Waals surface area contributed by atoms with Crippen LogP contribution in [-0.4, -0.2) is 37.1 Å². The molecule has 202 valence electrons. The molecule has 0 unspecified atom stereocenters. The third kappa shape index (κ3) is 4.40. The Balaban J connectivity index is 1.25. The topological polar surface area (TPSA) is 76.7 Å². The van der Waals surface area contributed by atoms with Gasteiger partial charge >= 0.3 is 13.0 Å². The maximum absolute atomic E-state index is 15.2. The van der Waals surface area contributed by atoms with E-state index in [-0.39, 0.29) is 28.5 Å². The van der Waals surface area contributed by atoms with E-state index in [0.29, 0.717) is 23.1 Å². The van der Waals surface area contributed by atoms with Crippen molar-refractivity contribution >= 4 is 36.2 Å². The highest BCUT2D eigenvalue weighted by Gasteiger charge is 2.67. The Hall–Kier alpha value is -2.56. The molecule has 11 heteroatoms. The molecular weight excluding hydrogens is 520 g/mol. The summed E-state index contributed by atoms with van der Waals surface area (Å²) in [4.78, 5) is 25.3. The van der Waals surface area contributed by atoms with Crippen LogP contribution in [-0.2, 0) is 20.0 Å². The van der Waals surface area contributed by atoms with Crippen molar-refractivity contribution < 1.29 is 32.1 Å². The van der Waals surface area contributed by atoms with E-state index in [1.54, 1.807) is 0 Å². The average molecular weight is 549 g/mol. The van der Waals surface area contributed by atoms with E-state index in [1.165, 1.54) is 31.2 Å². The standard InChI is InChI=1S/C27H29BClF3N2O4/c1-14-9-17(6-8-20(14)30)34-23(35)15-5-7-19(29)18(10-15)27(31,32)24(36)33-13-28-37-22-12-16-11-21(25(16,2)3)26(22,4)38-28/h5-10,16,21-22H,11-13H2,1-4H3,(H,33,36)(H,34,35)/t16-,21-,22+,26-/m0/s1. The highest BCUT2D eigenvalue weighted by molar-refractivity contribution is 6.46. The number of halogens is 4. The van der Waals surface area contributed by atoms with Crippen molar-refractivity contribution in [2.75, 3.05) is 11.8 Å². The largest absolute Gasteiger partial charge is 0.478 e. The predicted octanol–water partition coefficient (Wildman–Crippen LogP) is 5.52. The van der Waals surface area contributed by atoms with Gasteiger partial charge in [-0.1, -0.05) is 25.4 Å². The SMILES string of the molecule is Cc1cc(NC(=O)c2ccc(Cl)c(C(F)(F)C(=O)NCB3O[C@@H]4C[C@@H]5C[C@@H](C5(C)C)[C@]4(C)O3)c2)ccc1F. The highest BCUT2D eigenvalue weighted by atomic mass is 35.5. The first-order valence-corrected chi connectivity index (χ1v) is 13.0. The first kappa shape index (κ1) is 27.0. The summed E-state index contributed by atoms with van der Waals surface area (Å²) in [7, 11) is -0.841. The highest BCUT2D eigenvalue weighted by Crippen LogP contribution is 2.65. The third-order valence-electron chi connectivity index (χ3n) is 8.70. The van der Waals surface area contributed by atoms with E-state index < -0.39 is 41.8 Å². The first-order chi connectivity index (χ1) is 17.7. The van der Waals surface area contributed by atoms with Gasteiger partial charge in [-0.2, -0.15) is 8.78 Å². The Kier molecular flexibility index (Phi) is 6.60. The molecule has 1 saturated heterocycles.